The van der Waals surface area contributed by atoms with Crippen LogP contribution in [-0.4, -0.2) is 17.6 Å². The average molecular weight is 371 g/mol. The molecule has 0 N–H and O–H groups in total. The second-order valence-corrected chi connectivity index (χ2v) is 7.10. The lowest BCUT2D eigenvalue weighted by atomic mass is 9.72. The summed E-state index contributed by atoms with van der Waals surface area (Å²) in [5, 5.41) is 0.725. The van der Waals surface area contributed by atoms with Gasteiger partial charge in [-0.15, -0.1) is 0 Å². The average Bonchev–Trinajstić information content (AvgIpc) is 3.19. The fourth-order valence-electron chi connectivity index (χ4n) is 4.73. The van der Waals surface area contributed by atoms with Crippen molar-refractivity contribution in [3.63, 3.8) is 0 Å². The van der Waals surface area contributed by atoms with Gasteiger partial charge in [0.25, 0.3) is 0 Å². The van der Waals surface area contributed by atoms with Crippen molar-refractivity contribution >= 4 is 16.9 Å². The first-order valence-electron chi connectivity index (χ1n) is 9.13. The fourth-order valence-corrected chi connectivity index (χ4v) is 4.73. The zero-order chi connectivity index (χ0) is 19.5. The highest BCUT2D eigenvalue weighted by Gasteiger charge is 2.54. The number of ether oxygens (including phenoxy) is 1. The molecule has 0 saturated heterocycles. The highest BCUT2D eigenvalue weighted by Crippen LogP contribution is 2.56. The van der Waals surface area contributed by atoms with Crippen LogP contribution in [0, 0.1) is 5.82 Å². The molecule has 3 nitrogen and oxygen atoms in total. The van der Waals surface area contributed by atoms with Gasteiger partial charge in [0.2, 0.25) is 0 Å². The van der Waals surface area contributed by atoms with Gasteiger partial charge in [-0.3, -0.25) is 4.79 Å². The van der Waals surface area contributed by atoms with Crippen LogP contribution in [0.25, 0.3) is 22.2 Å². The summed E-state index contributed by atoms with van der Waals surface area (Å²) < 4.78 is 21.6. The van der Waals surface area contributed by atoms with Crippen molar-refractivity contribution in [3.05, 3.63) is 95.3 Å². The van der Waals surface area contributed by atoms with Crippen molar-refractivity contribution in [2.24, 2.45) is 7.05 Å². The molecule has 1 aromatic heterocycles. The number of carbonyl (C=O) groups is 1. The molecule has 0 radical (unpaired) electrons. The lowest BCUT2D eigenvalue weighted by Crippen LogP contribution is -2.37. The Kier molecular flexibility index (Phi) is 3.47. The Labute approximate surface area is 162 Å². The van der Waals surface area contributed by atoms with E-state index in [2.05, 4.69) is 0 Å². The molecule has 5 rings (SSSR count). The zero-order valence-electron chi connectivity index (χ0n) is 15.6. The predicted octanol–water partition coefficient (Wildman–Crippen LogP) is 4.81. The van der Waals surface area contributed by atoms with E-state index >= 15 is 0 Å². The molecular formula is C24H18FNO2. The van der Waals surface area contributed by atoms with Crippen molar-refractivity contribution in [3.8, 4) is 11.3 Å². The van der Waals surface area contributed by atoms with Crippen molar-refractivity contribution < 1.29 is 13.9 Å². The maximum atomic E-state index is 14.3. The van der Waals surface area contributed by atoms with Crippen LogP contribution in [0.15, 0.2) is 72.8 Å². The van der Waals surface area contributed by atoms with Crippen LogP contribution in [0.2, 0.25) is 0 Å². The molecule has 1 aliphatic carbocycles. The number of nitrogens with zero attached hydrogens (tertiary/aromatic N) is 1. The summed E-state index contributed by atoms with van der Waals surface area (Å²) in [6, 6.07) is 22.2. The monoisotopic (exact) mass is 371 g/mol. The lowest BCUT2D eigenvalue weighted by Gasteiger charge is -2.29. The normalized spacial score (nSPS) is 17.4. The molecule has 1 heterocycles. The summed E-state index contributed by atoms with van der Waals surface area (Å²) in [7, 11) is 3.35. The molecule has 0 aliphatic heterocycles. The molecule has 28 heavy (non-hydrogen) atoms. The summed E-state index contributed by atoms with van der Waals surface area (Å²) in [5.41, 5.74) is 4.07. The molecule has 4 aromatic rings. The summed E-state index contributed by atoms with van der Waals surface area (Å²) in [6.07, 6.45) is 0. The van der Waals surface area contributed by atoms with E-state index in [1.165, 1.54) is 19.2 Å². The molecule has 1 unspecified atom stereocenters. The van der Waals surface area contributed by atoms with Crippen molar-refractivity contribution in [1.29, 1.82) is 0 Å². The van der Waals surface area contributed by atoms with E-state index in [4.69, 9.17) is 4.74 Å². The van der Waals surface area contributed by atoms with Gasteiger partial charge in [-0.05, 0) is 29.3 Å². The summed E-state index contributed by atoms with van der Waals surface area (Å²) in [4.78, 5) is 13.5. The van der Waals surface area contributed by atoms with Crippen LogP contribution in [0.3, 0.4) is 0 Å². The number of hydrogen-bond donors (Lipinski definition) is 0. The van der Waals surface area contributed by atoms with Gasteiger partial charge in [0, 0.05) is 29.1 Å². The molecule has 0 bridgehead atoms. The second-order valence-electron chi connectivity index (χ2n) is 7.10. The molecule has 3 aromatic carbocycles. The molecule has 1 aliphatic rings. The van der Waals surface area contributed by atoms with Gasteiger partial charge in [-0.1, -0.05) is 54.6 Å². The van der Waals surface area contributed by atoms with Crippen molar-refractivity contribution in [1.82, 2.24) is 4.57 Å². The van der Waals surface area contributed by atoms with Crippen molar-refractivity contribution in [2.45, 2.75) is 5.41 Å². The first-order valence-corrected chi connectivity index (χ1v) is 9.13. The molecule has 0 spiro atoms. The Morgan fingerprint density at radius 3 is 2.46 bits per heavy atom. The van der Waals surface area contributed by atoms with Crippen LogP contribution in [0.4, 0.5) is 4.39 Å². The van der Waals surface area contributed by atoms with Gasteiger partial charge in [0.1, 0.15) is 11.2 Å². The number of halogens is 1. The van der Waals surface area contributed by atoms with Gasteiger partial charge in [-0.2, -0.15) is 0 Å². The Morgan fingerprint density at radius 2 is 1.71 bits per heavy atom. The number of fused-ring (bicyclic) bond motifs is 5. The van der Waals surface area contributed by atoms with E-state index in [1.807, 2.05) is 66.2 Å². The quantitative estimate of drug-likeness (QED) is 0.474. The Morgan fingerprint density at radius 1 is 1.00 bits per heavy atom. The fraction of sp³-hybridized carbons (Fsp3) is 0.125. The third-order valence-corrected chi connectivity index (χ3v) is 5.82. The molecule has 0 fully saturated rings. The number of esters is 1. The SMILES string of the molecule is COC(=O)C1(c2ccccc2)c2ccccc2-c2c1c1cc(F)ccc1n2C. The highest BCUT2D eigenvalue weighted by atomic mass is 19.1. The minimum Gasteiger partial charge on any atom is -0.468 e. The summed E-state index contributed by atoms with van der Waals surface area (Å²) >= 11 is 0. The highest BCUT2D eigenvalue weighted by molar-refractivity contribution is 6.08. The minimum absolute atomic E-state index is 0.330. The maximum absolute atomic E-state index is 14.3. The molecule has 1 atom stereocenters. The maximum Gasteiger partial charge on any atom is 0.325 e. The van der Waals surface area contributed by atoms with E-state index in [0.717, 1.165) is 38.9 Å². The van der Waals surface area contributed by atoms with Crippen molar-refractivity contribution in [2.75, 3.05) is 7.11 Å². The molecule has 0 amide bonds. The third kappa shape index (κ3) is 1.89. The van der Waals surface area contributed by atoms with Gasteiger partial charge >= 0.3 is 5.97 Å². The van der Waals surface area contributed by atoms with Crippen LogP contribution in [0.1, 0.15) is 16.7 Å². The number of hydrogen-bond acceptors (Lipinski definition) is 2. The number of rotatable bonds is 2. The summed E-state index contributed by atoms with van der Waals surface area (Å²) in [5.74, 6) is -0.703. The molecule has 138 valence electrons. The van der Waals surface area contributed by atoms with E-state index in [-0.39, 0.29) is 11.8 Å². The van der Waals surface area contributed by atoms with Crippen LogP contribution in [-0.2, 0) is 22.0 Å². The van der Waals surface area contributed by atoms with Crippen LogP contribution in [0.5, 0.6) is 0 Å². The van der Waals surface area contributed by atoms with Crippen LogP contribution < -0.4 is 0 Å². The largest absolute Gasteiger partial charge is 0.468 e. The third-order valence-electron chi connectivity index (χ3n) is 5.82. The second kappa shape index (κ2) is 5.80. The number of aryl methyl sites for hydroxylation is 1. The topological polar surface area (TPSA) is 31.2 Å². The standard InChI is InChI=1S/C24H18FNO2/c1-26-20-13-12-16(25)14-18(20)21-22(26)17-10-6-7-11-19(17)24(21,23(27)28-2)15-8-4-3-5-9-15/h3-14H,1-2H3. The van der Waals surface area contributed by atoms with E-state index < -0.39 is 5.41 Å². The van der Waals surface area contributed by atoms with E-state index in [9.17, 15) is 9.18 Å². The first kappa shape index (κ1) is 16.8. The Hall–Kier alpha value is -3.40. The number of aromatic nitrogens is 1. The van der Waals surface area contributed by atoms with E-state index in [0.29, 0.717) is 0 Å². The number of benzene rings is 3. The zero-order valence-corrected chi connectivity index (χ0v) is 15.6. The Balaban J connectivity index is 2.05. The minimum atomic E-state index is -1.14. The van der Waals surface area contributed by atoms with Crippen LogP contribution >= 0.6 is 0 Å². The Bertz CT molecular complexity index is 1240. The number of carbonyl (C=O) groups excluding carboxylic acids is 1. The van der Waals surface area contributed by atoms with Gasteiger partial charge in [0.15, 0.2) is 0 Å². The number of methoxy groups -OCH3 is 1. The molecular weight excluding hydrogens is 353 g/mol. The predicted molar refractivity (Wildman–Crippen MR) is 107 cm³/mol. The molecule has 0 saturated carbocycles. The van der Waals surface area contributed by atoms with Gasteiger partial charge < -0.3 is 9.30 Å². The smallest absolute Gasteiger partial charge is 0.325 e. The summed E-state index contributed by atoms with van der Waals surface area (Å²) in [6.45, 7) is 0. The van der Waals surface area contributed by atoms with E-state index in [1.54, 1.807) is 6.07 Å². The first-order chi connectivity index (χ1) is 13.6. The molecule has 4 heteroatoms. The van der Waals surface area contributed by atoms with Gasteiger partial charge in [0.05, 0.1) is 12.8 Å². The lowest BCUT2D eigenvalue weighted by molar-refractivity contribution is -0.144. The van der Waals surface area contributed by atoms with Gasteiger partial charge in [-0.25, -0.2) is 4.39 Å².